The van der Waals surface area contributed by atoms with Gasteiger partial charge in [0.2, 0.25) is 10.0 Å². The SMILES string of the molecule is [2H]C([2H])([2H])C1CCOc2c1cccc2S(N)(=O)=O. The Morgan fingerprint density at radius 2 is 2.40 bits per heavy atom. The van der Waals surface area contributed by atoms with Gasteiger partial charge in [0.25, 0.3) is 0 Å². The Morgan fingerprint density at radius 3 is 3.07 bits per heavy atom. The number of hydrogen-bond donors (Lipinski definition) is 1. The maximum atomic E-state index is 11.4. The van der Waals surface area contributed by atoms with Crippen molar-refractivity contribution >= 4 is 10.0 Å². The third kappa shape index (κ3) is 1.85. The standard InChI is InChI=1S/C10H13NO3S/c1-7-5-6-14-10-8(7)3-2-4-9(10)15(11,12)13/h2-4,7H,5-6H2,1H3,(H2,11,12,13)/i1D3. The van der Waals surface area contributed by atoms with Crippen LogP contribution in [-0.2, 0) is 10.0 Å². The molecule has 2 N–H and O–H groups in total. The molecule has 0 radical (unpaired) electrons. The Morgan fingerprint density at radius 1 is 1.60 bits per heavy atom. The molecule has 1 heterocycles. The van der Waals surface area contributed by atoms with Crippen LogP contribution in [0.2, 0.25) is 0 Å². The van der Waals surface area contributed by atoms with Crippen LogP contribution in [0.3, 0.4) is 0 Å². The molecule has 0 amide bonds. The van der Waals surface area contributed by atoms with Crippen molar-refractivity contribution in [3.05, 3.63) is 23.8 Å². The van der Waals surface area contributed by atoms with Gasteiger partial charge in [0, 0.05) is 4.11 Å². The summed E-state index contributed by atoms with van der Waals surface area (Å²) in [4.78, 5) is -0.158. The first-order valence-electron chi connectivity index (χ1n) is 6.00. The minimum atomic E-state index is -3.92. The van der Waals surface area contributed by atoms with E-state index in [0.29, 0.717) is 12.0 Å². The van der Waals surface area contributed by atoms with Gasteiger partial charge in [-0.05, 0) is 24.0 Å². The molecule has 2 rings (SSSR count). The number of nitrogens with two attached hydrogens (primary N) is 1. The molecule has 15 heavy (non-hydrogen) atoms. The highest BCUT2D eigenvalue weighted by Gasteiger charge is 2.24. The largest absolute Gasteiger partial charge is 0.492 e. The first-order chi connectivity index (χ1) is 8.21. The van der Waals surface area contributed by atoms with Crippen LogP contribution < -0.4 is 9.88 Å². The van der Waals surface area contributed by atoms with Crippen molar-refractivity contribution in [1.29, 1.82) is 0 Å². The fourth-order valence-electron chi connectivity index (χ4n) is 1.62. The normalized spacial score (nSPS) is 24.3. The van der Waals surface area contributed by atoms with E-state index in [-0.39, 0.29) is 17.3 Å². The number of rotatable bonds is 1. The topological polar surface area (TPSA) is 69.4 Å². The van der Waals surface area contributed by atoms with E-state index in [0.717, 1.165) is 0 Å². The monoisotopic (exact) mass is 230 g/mol. The molecule has 82 valence electrons. The van der Waals surface area contributed by atoms with Gasteiger partial charge in [0.05, 0.1) is 6.61 Å². The van der Waals surface area contributed by atoms with Gasteiger partial charge in [-0.1, -0.05) is 19.0 Å². The lowest BCUT2D eigenvalue weighted by molar-refractivity contribution is 0.264. The molecule has 1 atom stereocenters. The smallest absolute Gasteiger partial charge is 0.241 e. The number of primary sulfonamides is 1. The van der Waals surface area contributed by atoms with Crippen LogP contribution in [0.15, 0.2) is 23.1 Å². The predicted octanol–water partition coefficient (Wildman–Crippen LogP) is 1.22. The second-order valence-corrected chi connectivity index (χ2v) is 4.94. The maximum Gasteiger partial charge on any atom is 0.241 e. The zero-order valence-corrected chi connectivity index (χ0v) is 8.75. The van der Waals surface area contributed by atoms with Crippen molar-refractivity contribution in [2.45, 2.75) is 24.1 Å². The Labute approximate surface area is 93.3 Å². The fourth-order valence-corrected chi connectivity index (χ4v) is 2.32. The average Bonchev–Trinajstić information content (AvgIpc) is 2.24. The summed E-state index contributed by atoms with van der Waals surface area (Å²) in [6.07, 6.45) is 0.331. The molecule has 1 aliphatic heterocycles. The van der Waals surface area contributed by atoms with Crippen LogP contribution >= 0.6 is 0 Å². The molecule has 1 aromatic rings. The molecule has 4 nitrogen and oxygen atoms in total. The van der Waals surface area contributed by atoms with Crippen molar-refractivity contribution in [2.24, 2.45) is 5.14 Å². The van der Waals surface area contributed by atoms with Gasteiger partial charge in [0.15, 0.2) is 0 Å². The highest BCUT2D eigenvalue weighted by molar-refractivity contribution is 7.89. The third-order valence-electron chi connectivity index (χ3n) is 2.34. The van der Waals surface area contributed by atoms with E-state index >= 15 is 0 Å². The minimum Gasteiger partial charge on any atom is -0.492 e. The number of hydrogen-bond acceptors (Lipinski definition) is 3. The Kier molecular flexibility index (Phi) is 1.69. The first kappa shape index (κ1) is 7.24. The highest BCUT2D eigenvalue weighted by Crippen LogP contribution is 2.37. The molecule has 0 fully saturated rings. The Balaban J connectivity index is 2.62. The molecule has 5 heteroatoms. The second kappa shape index (κ2) is 3.50. The highest BCUT2D eigenvalue weighted by atomic mass is 32.2. The predicted molar refractivity (Wildman–Crippen MR) is 56.3 cm³/mol. The fraction of sp³-hybridized carbons (Fsp3) is 0.400. The van der Waals surface area contributed by atoms with Crippen LogP contribution in [0.5, 0.6) is 5.75 Å². The molecule has 1 aromatic carbocycles. The van der Waals surface area contributed by atoms with Crippen LogP contribution in [0.1, 0.15) is 28.9 Å². The van der Waals surface area contributed by atoms with Gasteiger partial charge >= 0.3 is 0 Å². The van der Waals surface area contributed by atoms with Crippen molar-refractivity contribution in [1.82, 2.24) is 0 Å². The van der Waals surface area contributed by atoms with E-state index in [1.54, 1.807) is 6.07 Å². The molecule has 0 bridgehead atoms. The molecule has 0 spiro atoms. The van der Waals surface area contributed by atoms with E-state index in [1.165, 1.54) is 12.1 Å². The zero-order chi connectivity index (χ0) is 13.6. The van der Waals surface area contributed by atoms with Crippen LogP contribution in [-0.4, -0.2) is 15.0 Å². The van der Waals surface area contributed by atoms with Crippen molar-refractivity contribution in [3.8, 4) is 5.75 Å². The molecule has 0 saturated heterocycles. The lowest BCUT2D eigenvalue weighted by Gasteiger charge is -2.24. The average molecular weight is 230 g/mol. The third-order valence-corrected chi connectivity index (χ3v) is 3.28. The summed E-state index contributed by atoms with van der Waals surface area (Å²) in [6.45, 7) is -2.02. The summed E-state index contributed by atoms with van der Waals surface area (Å²) >= 11 is 0. The summed E-state index contributed by atoms with van der Waals surface area (Å²) in [5, 5.41) is 5.09. The molecule has 0 aromatic heterocycles. The van der Waals surface area contributed by atoms with E-state index in [9.17, 15) is 8.42 Å². The van der Waals surface area contributed by atoms with Crippen molar-refractivity contribution in [3.63, 3.8) is 0 Å². The summed E-state index contributed by atoms with van der Waals surface area (Å²) < 4.78 is 50.6. The summed E-state index contributed by atoms with van der Waals surface area (Å²) in [6, 6.07) is 4.36. The van der Waals surface area contributed by atoms with Gasteiger partial charge in [-0.3, -0.25) is 0 Å². The number of fused-ring (bicyclic) bond motifs is 1. The molecule has 1 unspecified atom stereocenters. The zero-order valence-electron chi connectivity index (χ0n) is 10.9. The Bertz CT molecular complexity index is 568. The van der Waals surface area contributed by atoms with Gasteiger partial charge in [-0.15, -0.1) is 0 Å². The van der Waals surface area contributed by atoms with Gasteiger partial charge in [-0.2, -0.15) is 0 Å². The quantitative estimate of drug-likeness (QED) is 0.788. The number of benzene rings is 1. The van der Waals surface area contributed by atoms with Crippen LogP contribution in [0, 0.1) is 0 Å². The van der Waals surface area contributed by atoms with E-state index < -0.39 is 22.8 Å². The first-order valence-corrected chi connectivity index (χ1v) is 6.04. The van der Waals surface area contributed by atoms with Crippen molar-refractivity contribution < 1.29 is 17.3 Å². The number of para-hydroxylation sites is 1. The van der Waals surface area contributed by atoms with Crippen molar-refractivity contribution in [2.75, 3.05) is 6.61 Å². The van der Waals surface area contributed by atoms with Crippen LogP contribution in [0.25, 0.3) is 0 Å². The number of sulfonamides is 1. The molecular weight excluding hydrogens is 214 g/mol. The second-order valence-electron chi connectivity index (χ2n) is 3.41. The molecule has 1 aliphatic rings. The molecule has 0 saturated carbocycles. The lowest BCUT2D eigenvalue weighted by Crippen LogP contribution is -2.19. The summed E-state index contributed by atoms with van der Waals surface area (Å²) in [7, 11) is -3.92. The molecule has 0 aliphatic carbocycles. The van der Waals surface area contributed by atoms with Crippen LogP contribution in [0.4, 0.5) is 0 Å². The van der Waals surface area contributed by atoms with E-state index in [2.05, 4.69) is 0 Å². The van der Waals surface area contributed by atoms with Gasteiger partial charge in [-0.25, -0.2) is 13.6 Å². The van der Waals surface area contributed by atoms with E-state index in [4.69, 9.17) is 14.0 Å². The molecular formula is C10H13NO3S. The maximum absolute atomic E-state index is 11.4. The van der Waals surface area contributed by atoms with Gasteiger partial charge < -0.3 is 4.74 Å². The minimum absolute atomic E-state index is 0.0763. The van der Waals surface area contributed by atoms with Gasteiger partial charge in [0.1, 0.15) is 10.6 Å². The lowest BCUT2D eigenvalue weighted by atomic mass is 9.95. The van der Waals surface area contributed by atoms with E-state index in [1.807, 2.05) is 0 Å². The Hall–Kier alpha value is -1.07. The number of ether oxygens (including phenoxy) is 1. The summed E-state index contributed by atoms with van der Waals surface area (Å²) in [5.41, 5.74) is 0.382. The summed E-state index contributed by atoms with van der Waals surface area (Å²) in [5.74, 6) is -0.643.